The molecule has 2 N–H and O–H groups in total. The van der Waals surface area contributed by atoms with Crippen molar-refractivity contribution in [1.82, 2.24) is 0 Å². The van der Waals surface area contributed by atoms with Gasteiger partial charge in [0.1, 0.15) is 17.3 Å². The van der Waals surface area contributed by atoms with E-state index in [1.165, 1.54) is 12.1 Å². The highest BCUT2D eigenvalue weighted by molar-refractivity contribution is 9.10. The fourth-order valence-corrected chi connectivity index (χ4v) is 2.40. The van der Waals surface area contributed by atoms with Gasteiger partial charge in [0.15, 0.2) is 0 Å². The van der Waals surface area contributed by atoms with Gasteiger partial charge in [0.25, 0.3) is 0 Å². The molecule has 0 fully saturated rings. The summed E-state index contributed by atoms with van der Waals surface area (Å²) in [5.41, 5.74) is 6.64. The molecule has 0 saturated heterocycles. The molecule has 1 unspecified atom stereocenters. The number of halogens is 3. The van der Waals surface area contributed by atoms with E-state index >= 15 is 0 Å². The molecular formula is C14H12BrClFNO. The van der Waals surface area contributed by atoms with Crippen molar-refractivity contribution in [3.05, 3.63) is 57.3 Å². The van der Waals surface area contributed by atoms with Crippen LogP contribution in [0, 0.1) is 5.82 Å². The van der Waals surface area contributed by atoms with Gasteiger partial charge in [0.05, 0.1) is 4.47 Å². The first-order chi connectivity index (χ1) is 8.97. The van der Waals surface area contributed by atoms with Crippen LogP contribution in [-0.4, -0.2) is 0 Å². The van der Waals surface area contributed by atoms with Crippen molar-refractivity contribution in [1.29, 1.82) is 0 Å². The average Bonchev–Trinajstić information content (AvgIpc) is 2.32. The molecule has 0 spiro atoms. The zero-order valence-electron chi connectivity index (χ0n) is 10.2. The summed E-state index contributed by atoms with van der Waals surface area (Å²) in [6, 6.07) is 9.37. The first kappa shape index (κ1) is 14.3. The lowest BCUT2D eigenvalue weighted by molar-refractivity contribution is 0.477. The second-order valence-corrected chi connectivity index (χ2v) is 5.41. The largest absolute Gasteiger partial charge is 0.456 e. The van der Waals surface area contributed by atoms with Gasteiger partial charge in [-0.1, -0.05) is 17.7 Å². The minimum Gasteiger partial charge on any atom is -0.456 e. The average molecular weight is 345 g/mol. The fourth-order valence-electron chi connectivity index (χ4n) is 1.63. The van der Waals surface area contributed by atoms with Crippen LogP contribution in [-0.2, 0) is 0 Å². The summed E-state index contributed by atoms with van der Waals surface area (Å²) in [7, 11) is 0. The van der Waals surface area contributed by atoms with E-state index in [9.17, 15) is 4.39 Å². The van der Waals surface area contributed by atoms with Crippen LogP contribution in [0.5, 0.6) is 11.5 Å². The Balaban J connectivity index is 2.26. The van der Waals surface area contributed by atoms with Gasteiger partial charge in [-0.2, -0.15) is 0 Å². The number of rotatable bonds is 3. The molecule has 2 aromatic carbocycles. The molecule has 100 valence electrons. The number of benzene rings is 2. The van der Waals surface area contributed by atoms with Crippen LogP contribution in [0.3, 0.4) is 0 Å². The Hall–Kier alpha value is -1.10. The lowest BCUT2D eigenvalue weighted by Gasteiger charge is -2.12. The smallest absolute Gasteiger partial charge is 0.141 e. The predicted octanol–water partition coefficient (Wildman–Crippen LogP) is 5.05. The first-order valence-corrected chi connectivity index (χ1v) is 6.82. The second kappa shape index (κ2) is 5.90. The zero-order valence-corrected chi connectivity index (χ0v) is 12.5. The highest BCUT2D eigenvalue weighted by Crippen LogP contribution is 2.33. The molecule has 0 saturated carbocycles. The molecule has 0 radical (unpaired) electrons. The Labute approximate surface area is 124 Å². The van der Waals surface area contributed by atoms with E-state index < -0.39 is 0 Å². The molecule has 0 aliphatic heterocycles. The molecule has 5 heteroatoms. The Kier molecular flexibility index (Phi) is 4.45. The lowest BCUT2D eigenvalue weighted by Crippen LogP contribution is -2.05. The van der Waals surface area contributed by atoms with E-state index in [4.69, 9.17) is 22.1 Å². The van der Waals surface area contributed by atoms with Crippen molar-refractivity contribution >= 4 is 27.5 Å². The maximum absolute atomic E-state index is 13.0. The molecule has 0 bridgehead atoms. The zero-order chi connectivity index (χ0) is 14.0. The van der Waals surface area contributed by atoms with Crippen LogP contribution in [0.1, 0.15) is 18.5 Å². The molecule has 2 aromatic rings. The molecule has 2 nitrogen and oxygen atoms in total. The van der Waals surface area contributed by atoms with E-state index in [1.54, 1.807) is 18.2 Å². The Morgan fingerprint density at radius 2 is 2.00 bits per heavy atom. The summed E-state index contributed by atoms with van der Waals surface area (Å²) in [6.45, 7) is 1.86. The number of hydrogen-bond acceptors (Lipinski definition) is 2. The maximum Gasteiger partial charge on any atom is 0.141 e. The highest BCUT2D eigenvalue weighted by Gasteiger charge is 2.09. The van der Waals surface area contributed by atoms with E-state index in [1.807, 2.05) is 13.0 Å². The van der Waals surface area contributed by atoms with Crippen LogP contribution < -0.4 is 10.5 Å². The Bertz CT molecular complexity index is 604. The summed E-state index contributed by atoms with van der Waals surface area (Å²) in [5, 5.41) is 0.547. The first-order valence-electron chi connectivity index (χ1n) is 5.65. The minimum absolute atomic E-state index is 0.140. The second-order valence-electron chi connectivity index (χ2n) is 4.15. The molecule has 0 aromatic heterocycles. The van der Waals surface area contributed by atoms with E-state index in [0.717, 1.165) is 5.56 Å². The lowest BCUT2D eigenvalue weighted by atomic mass is 10.1. The third-order valence-corrected chi connectivity index (χ3v) is 3.53. The molecule has 1 atom stereocenters. The van der Waals surface area contributed by atoms with Gasteiger partial charge in [0, 0.05) is 11.1 Å². The standard InChI is InChI=1S/C14H12BrClFNO/c1-8(18)11-4-3-10(7-13(11)16)19-14-5-2-9(17)6-12(14)15/h2-8H,18H2,1H3. The summed E-state index contributed by atoms with van der Waals surface area (Å²) < 4.78 is 19.2. The Morgan fingerprint density at radius 3 is 2.58 bits per heavy atom. The van der Waals surface area contributed by atoms with Crippen LogP contribution in [0.15, 0.2) is 40.9 Å². The summed E-state index contributed by atoms with van der Waals surface area (Å²) >= 11 is 9.37. The van der Waals surface area contributed by atoms with Crippen LogP contribution in [0.4, 0.5) is 4.39 Å². The fraction of sp³-hybridized carbons (Fsp3) is 0.143. The maximum atomic E-state index is 13.0. The molecule has 0 amide bonds. The van der Waals surface area contributed by atoms with Gasteiger partial charge in [-0.3, -0.25) is 0 Å². The quantitative estimate of drug-likeness (QED) is 0.845. The van der Waals surface area contributed by atoms with Gasteiger partial charge in [0.2, 0.25) is 0 Å². The molecule has 0 aliphatic rings. The summed E-state index contributed by atoms with van der Waals surface area (Å²) in [4.78, 5) is 0. The van der Waals surface area contributed by atoms with Crippen molar-refractivity contribution in [2.45, 2.75) is 13.0 Å². The van der Waals surface area contributed by atoms with Crippen molar-refractivity contribution in [3.63, 3.8) is 0 Å². The normalized spacial score (nSPS) is 12.3. The van der Waals surface area contributed by atoms with Gasteiger partial charge in [-0.15, -0.1) is 0 Å². The van der Waals surface area contributed by atoms with Crippen molar-refractivity contribution in [2.75, 3.05) is 0 Å². The number of ether oxygens (including phenoxy) is 1. The monoisotopic (exact) mass is 343 g/mol. The molecule has 0 aliphatic carbocycles. The highest BCUT2D eigenvalue weighted by atomic mass is 79.9. The number of hydrogen-bond donors (Lipinski definition) is 1. The minimum atomic E-state index is -0.329. The molecule has 19 heavy (non-hydrogen) atoms. The van der Waals surface area contributed by atoms with Crippen molar-refractivity contribution in [2.24, 2.45) is 5.73 Å². The number of nitrogens with two attached hydrogens (primary N) is 1. The van der Waals surface area contributed by atoms with E-state index in [0.29, 0.717) is 21.0 Å². The van der Waals surface area contributed by atoms with E-state index in [2.05, 4.69) is 15.9 Å². The Morgan fingerprint density at radius 1 is 1.26 bits per heavy atom. The topological polar surface area (TPSA) is 35.2 Å². The van der Waals surface area contributed by atoms with Gasteiger partial charge in [-0.05, 0) is 58.7 Å². The molecular weight excluding hydrogens is 333 g/mol. The van der Waals surface area contributed by atoms with Crippen LogP contribution >= 0.6 is 27.5 Å². The SMILES string of the molecule is CC(N)c1ccc(Oc2ccc(F)cc2Br)cc1Cl. The summed E-state index contributed by atoms with van der Waals surface area (Å²) in [6.07, 6.45) is 0. The third-order valence-electron chi connectivity index (χ3n) is 2.58. The van der Waals surface area contributed by atoms with Crippen LogP contribution in [0.25, 0.3) is 0 Å². The molecule has 2 rings (SSSR count). The molecule has 0 heterocycles. The van der Waals surface area contributed by atoms with E-state index in [-0.39, 0.29) is 11.9 Å². The van der Waals surface area contributed by atoms with Crippen molar-refractivity contribution in [3.8, 4) is 11.5 Å². The van der Waals surface area contributed by atoms with Gasteiger partial charge >= 0.3 is 0 Å². The van der Waals surface area contributed by atoms with Gasteiger partial charge < -0.3 is 10.5 Å². The van der Waals surface area contributed by atoms with Crippen molar-refractivity contribution < 1.29 is 9.13 Å². The van der Waals surface area contributed by atoms with Gasteiger partial charge in [-0.25, -0.2) is 4.39 Å². The predicted molar refractivity (Wildman–Crippen MR) is 78.2 cm³/mol. The third kappa shape index (κ3) is 3.47. The summed E-state index contributed by atoms with van der Waals surface area (Å²) in [5.74, 6) is 0.761. The van der Waals surface area contributed by atoms with Crippen LogP contribution in [0.2, 0.25) is 5.02 Å².